The molecule has 0 aliphatic heterocycles. The second kappa shape index (κ2) is 8.97. The van der Waals surface area contributed by atoms with Crippen LogP contribution in [0.5, 0.6) is 0 Å². The van der Waals surface area contributed by atoms with Crippen LogP contribution >= 0.6 is 0 Å². The van der Waals surface area contributed by atoms with Gasteiger partial charge < -0.3 is 14.6 Å². The number of nitrogens with zero attached hydrogens (tertiary/aromatic N) is 1. The molecule has 0 heterocycles. The van der Waals surface area contributed by atoms with Gasteiger partial charge in [0.1, 0.15) is 6.61 Å². The maximum absolute atomic E-state index is 12.1. The second-order valence-corrected chi connectivity index (χ2v) is 4.54. The summed E-state index contributed by atoms with van der Waals surface area (Å²) in [5, 5.41) is 9.21. The Bertz CT molecular complexity index is 449. The summed E-state index contributed by atoms with van der Waals surface area (Å²) in [7, 11) is 1.40. The number of carboxylic acid groups (broad SMARTS) is 1. The van der Waals surface area contributed by atoms with Gasteiger partial charge in [0, 0.05) is 13.7 Å². The molecule has 1 atom stereocenters. The summed E-state index contributed by atoms with van der Waals surface area (Å²) in [6.45, 7) is 2.20. The molecule has 0 spiro atoms. The van der Waals surface area contributed by atoms with Crippen molar-refractivity contribution in [1.29, 1.82) is 0 Å². The Morgan fingerprint density at radius 3 is 2.48 bits per heavy atom. The maximum atomic E-state index is 12.1. The van der Waals surface area contributed by atoms with Crippen LogP contribution in [0, 0.1) is 0 Å². The lowest BCUT2D eigenvalue weighted by atomic mass is 10.2. The average molecular weight is 295 g/mol. The van der Waals surface area contributed by atoms with Crippen molar-refractivity contribution in [2.75, 3.05) is 20.3 Å². The minimum absolute atomic E-state index is 0.0736. The van der Waals surface area contributed by atoms with Gasteiger partial charge in [0.25, 0.3) is 0 Å². The molecular weight excluding hydrogens is 274 g/mol. The zero-order valence-electron chi connectivity index (χ0n) is 12.3. The zero-order valence-corrected chi connectivity index (χ0v) is 12.3. The lowest BCUT2D eigenvalue weighted by Gasteiger charge is -2.27. The monoisotopic (exact) mass is 295 g/mol. The van der Waals surface area contributed by atoms with Crippen molar-refractivity contribution in [2.45, 2.75) is 26.0 Å². The van der Waals surface area contributed by atoms with Gasteiger partial charge in [0.15, 0.2) is 6.04 Å². The quantitative estimate of drug-likeness (QED) is 0.795. The Kier molecular flexibility index (Phi) is 7.25. The van der Waals surface area contributed by atoms with Gasteiger partial charge in [-0.2, -0.15) is 0 Å². The minimum Gasteiger partial charge on any atom is -0.480 e. The highest BCUT2D eigenvalue weighted by Gasteiger charge is 2.30. The topological polar surface area (TPSA) is 76.1 Å². The van der Waals surface area contributed by atoms with E-state index in [0.29, 0.717) is 13.0 Å². The number of hydrogen-bond donors (Lipinski definition) is 1. The summed E-state index contributed by atoms with van der Waals surface area (Å²) in [5.41, 5.74) is 0.848. The number of benzene rings is 1. The Balaban J connectivity index is 2.69. The van der Waals surface area contributed by atoms with Gasteiger partial charge >= 0.3 is 12.1 Å². The number of ether oxygens (including phenoxy) is 2. The summed E-state index contributed by atoms with van der Waals surface area (Å²) >= 11 is 0. The number of aliphatic carboxylic acids is 1. The van der Waals surface area contributed by atoms with Gasteiger partial charge in [-0.1, -0.05) is 37.3 Å². The van der Waals surface area contributed by atoms with Crippen molar-refractivity contribution in [3.63, 3.8) is 0 Å². The molecule has 21 heavy (non-hydrogen) atoms. The third-order valence-corrected chi connectivity index (χ3v) is 2.89. The largest absolute Gasteiger partial charge is 0.480 e. The number of carbonyl (C=O) groups excluding carboxylic acids is 1. The number of amides is 1. The van der Waals surface area contributed by atoms with Crippen LogP contribution in [0.3, 0.4) is 0 Å². The molecule has 0 bridgehead atoms. The molecular formula is C15H21NO5. The normalized spacial score (nSPS) is 11.7. The predicted octanol–water partition coefficient (Wildman–Crippen LogP) is 2.13. The molecule has 1 unspecified atom stereocenters. The molecule has 0 fully saturated rings. The lowest BCUT2D eigenvalue weighted by Crippen LogP contribution is -2.48. The number of carbonyl (C=O) groups is 2. The number of carboxylic acids is 1. The van der Waals surface area contributed by atoms with Gasteiger partial charge in [-0.05, 0) is 12.0 Å². The van der Waals surface area contributed by atoms with Gasteiger partial charge in [-0.3, -0.25) is 4.90 Å². The zero-order chi connectivity index (χ0) is 15.7. The van der Waals surface area contributed by atoms with E-state index in [-0.39, 0.29) is 13.2 Å². The molecule has 0 saturated heterocycles. The molecule has 0 aliphatic rings. The second-order valence-electron chi connectivity index (χ2n) is 4.54. The van der Waals surface area contributed by atoms with Gasteiger partial charge in [0.05, 0.1) is 6.61 Å². The number of methoxy groups -OCH3 is 1. The first-order valence-corrected chi connectivity index (χ1v) is 6.79. The summed E-state index contributed by atoms with van der Waals surface area (Å²) < 4.78 is 10.1. The van der Waals surface area contributed by atoms with E-state index in [0.717, 1.165) is 5.56 Å². The Hall–Kier alpha value is -2.08. The van der Waals surface area contributed by atoms with E-state index >= 15 is 0 Å². The first-order valence-electron chi connectivity index (χ1n) is 6.79. The fraction of sp³-hybridized carbons (Fsp3) is 0.467. The molecule has 1 rings (SSSR count). The van der Waals surface area contributed by atoms with Crippen LogP contribution in [-0.2, 0) is 20.9 Å². The summed E-state index contributed by atoms with van der Waals surface area (Å²) in [6.07, 6.45) is -0.0151. The highest BCUT2D eigenvalue weighted by molar-refractivity contribution is 5.80. The fourth-order valence-electron chi connectivity index (χ4n) is 1.87. The van der Waals surface area contributed by atoms with Gasteiger partial charge in [-0.15, -0.1) is 0 Å². The molecule has 0 aliphatic carbocycles. The standard InChI is InChI=1S/C15H21NO5/c1-3-9-16(13(11-20-2)14(17)18)15(19)21-10-12-7-5-4-6-8-12/h4-8,13H,3,9-11H2,1-2H3,(H,17,18). The van der Waals surface area contributed by atoms with E-state index in [1.54, 1.807) is 0 Å². The molecule has 1 aromatic carbocycles. The van der Waals surface area contributed by atoms with Gasteiger partial charge in [-0.25, -0.2) is 9.59 Å². The number of hydrogen-bond acceptors (Lipinski definition) is 4. The van der Waals surface area contributed by atoms with Crippen molar-refractivity contribution < 1.29 is 24.2 Å². The molecule has 0 saturated carbocycles. The van der Waals surface area contributed by atoms with E-state index in [1.165, 1.54) is 12.0 Å². The van der Waals surface area contributed by atoms with Crippen LogP contribution in [0.25, 0.3) is 0 Å². The van der Waals surface area contributed by atoms with Crippen molar-refractivity contribution in [3.05, 3.63) is 35.9 Å². The highest BCUT2D eigenvalue weighted by atomic mass is 16.6. The molecule has 1 N–H and O–H groups in total. The lowest BCUT2D eigenvalue weighted by molar-refractivity contribution is -0.144. The van der Waals surface area contributed by atoms with Crippen LogP contribution in [-0.4, -0.2) is 48.4 Å². The van der Waals surface area contributed by atoms with E-state index in [9.17, 15) is 14.7 Å². The van der Waals surface area contributed by atoms with Crippen molar-refractivity contribution >= 4 is 12.1 Å². The van der Waals surface area contributed by atoms with Crippen LogP contribution in [0.2, 0.25) is 0 Å². The van der Waals surface area contributed by atoms with Crippen molar-refractivity contribution in [2.24, 2.45) is 0 Å². The predicted molar refractivity (Wildman–Crippen MR) is 76.9 cm³/mol. The van der Waals surface area contributed by atoms with E-state index < -0.39 is 18.1 Å². The molecule has 0 aromatic heterocycles. The van der Waals surface area contributed by atoms with Crippen LogP contribution in [0.4, 0.5) is 4.79 Å². The summed E-state index contributed by atoms with van der Waals surface area (Å²) in [5.74, 6) is -1.11. The van der Waals surface area contributed by atoms with Crippen LogP contribution < -0.4 is 0 Å². The smallest absolute Gasteiger partial charge is 0.410 e. The van der Waals surface area contributed by atoms with Crippen molar-refractivity contribution in [3.8, 4) is 0 Å². The average Bonchev–Trinajstić information content (AvgIpc) is 2.49. The molecule has 116 valence electrons. The van der Waals surface area contributed by atoms with Gasteiger partial charge in [0.2, 0.25) is 0 Å². The first kappa shape index (κ1) is 17.0. The Labute approximate surface area is 124 Å². The fourth-order valence-corrected chi connectivity index (χ4v) is 1.87. The SMILES string of the molecule is CCCN(C(=O)OCc1ccccc1)C(COC)C(=O)O. The third kappa shape index (κ3) is 5.43. The molecule has 1 aromatic rings. The Morgan fingerprint density at radius 1 is 1.29 bits per heavy atom. The molecule has 6 heteroatoms. The maximum Gasteiger partial charge on any atom is 0.410 e. The minimum atomic E-state index is -1.11. The third-order valence-electron chi connectivity index (χ3n) is 2.89. The number of rotatable bonds is 8. The summed E-state index contributed by atoms with van der Waals surface area (Å²) in [6, 6.07) is 8.19. The van der Waals surface area contributed by atoms with E-state index in [2.05, 4.69) is 0 Å². The van der Waals surface area contributed by atoms with Crippen LogP contribution in [0.1, 0.15) is 18.9 Å². The van der Waals surface area contributed by atoms with Crippen molar-refractivity contribution in [1.82, 2.24) is 4.90 Å². The summed E-state index contributed by atoms with van der Waals surface area (Å²) in [4.78, 5) is 24.6. The van der Waals surface area contributed by atoms with E-state index in [1.807, 2.05) is 37.3 Å². The Morgan fingerprint density at radius 2 is 1.95 bits per heavy atom. The molecule has 0 radical (unpaired) electrons. The molecule has 6 nitrogen and oxygen atoms in total. The first-order chi connectivity index (χ1) is 10.1. The van der Waals surface area contributed by atoms with Crippen LogP contribution in [0.15, 0.2) is 30.3 Å². The molecule has 1 amide bonds. The van der Waals surface area contributed by atoms with E-state index in [4.69, 9.17) is 9.47 Å². The highest BCUT2D eigenvalue weighted by Crippen LogP contribution is 2.08.